The van der Waals surface area contributed by atoms with Gasteiger partial charge in [0.2, 0.25) is 0 Å². The van der Waals surface area contributed by atoms with E-state index >= 15 is 0 Å². The summed E-state index contributed by atoms with van der Waals surface area (Å²) in [6, 6.07) is 7.05. The first kappa shape index (κ1) is 12.2. The highest BCUT2D eigenvalue weighted by atomic mass is 31.2. The van der Waals surface area contributed by atoms with Gasteiger partial charge in [0.1, 0.15) is 5.75 Å². The molecule has 0 aliphatic rings. The molecule has 5 heteroatoms. The van der Waals surface area contributed by atoms with Crippen molar-refractivity contribution >= 4 is 14.3 Å². The van der Waals surface area contributed by atoms with Crippen LogP contribution in [0.3, 0.4) is 0 Å². The monoisotopic (exact) mass is 227 g/mol. The Morgan fingerprint density at radius 2 is 1.93 bits per heavy atom. The van der Waals surface area contributed by atoms with Crippen LogP contribution in [-0.2, 0) is 0 Å². The summed E-state index contributed by atoms with van der Waals surface area (Å²) >= 11 is 0. The van der Waals surface area contributed by atoms with Gasteiger partial charge in [0.25, 0.3) is 0 Å². The molecule has 0 unspecified atom stereocenters. The van der Waals surface area contributed by atoms with E-state index in [1.54, 1.807) is 18.2 Å². The molecule has 0 aliphatic heterocycles. The predicted molar refractivity (Wildman–Crippen MR) is 57.6 cm³/mol. The van der Waals surface area contributed by atoms with Crippen LogP contribution in [0.1, 0.15) is 13.8 Å². The zero-order valence-electron chi connectivity index (χ0n) is 8.84. The van der Waals surface area contributed by atoms with E-state index in [2.05, 4.69) is 9.42 Å². The maximum absolute atomic E-state index is 10.4. The van der Waals surface area contributed by atoms with Crippen molar-refractivity contribution in [3.63, 3.8) is 0 Å². The van der Waals surface area contributed by atoms with Gasteiger partial charge in [-0.3, -0.25) is 0 Å². The average molecular weight is 227 g/mol. The van der Waals surface area contributed by atoms with Gasteiger partial charge >= 0.3 is 0 Å². The van der Waals surface area contributed by atoms with Gasteiger partial charge in [-0.05, 0) is 26.0 Å². The third-order valence-electron chi connectivity index (χ3n) is 2.13. The Kier molecular flexibility index (Phi) is 4.82. The Balaban J connectivity index is 2.81. The first-order valence-corrected chi connectivity index (χ1v) is 5.94. The van der Waals surface area contributed by atoms with Crippen molar-refractivity contribution in [3.05, 3.63) is 24.3 Å². The molecule has 1 aromatic carbocycles. The van der Waals surface area contributed by atoms with Crippen molar-refractivity contribution in [2.45, 2.75) is 13.8 Å². The summed E-state index contributed by atoms with van der Waals surface area (Å²) < 4.78 is 4.62. The average Bonchev–Trinajstić information content (AvgIpc) is 2.19. The summed E-state index contributed by atoms with van der Waals surface area (Å²) in [7, 11) is -2.84. The number of hydrogen-bond donors (Lipinski definition) is 0. The lowest BCUT2D eigenvalue weighted by molar-refractivity contribution is -0.310. The lowest BCUT2D eigenvalue weighted by atomic mass is 10.2. The van der Waals surface area contributed by atoms with Crippen LogP contribution in [0, 0.1) is 0 Å². The summed E-state index contributed by atoms with van der Waals surface area (Å²) in [5, 5.41) is 0. The molecule has 0 atom stereocenters. The number of nitrogens with zero attached hydrogens (tertiary/aromatic N) is 1. The minimum atomic E-state index is -2.84. The van der Waals surface area contributed by atoms with Crippen LogP contribution in [0.15, 0.2) is 24.3 Å². The van der Waals surface area contributed by atoms with E-state index in [-0.39, 0.29) is 0 Å². The summed E-state index contributed by atoms with van der Waals surface area (Å²) in [5.74, 6) is 0.357. The van der Waals surface area contributed by atoms with Crippen molar-refractivity contribution in [3.8, 4) is 5.75 Å². The standard InChI is InChI=1S/C10H14NO3P/c1-3-11(4-2)9-6-5-7-10(8-9)14-15(12)13/h5-8H,3-4H2,1-2H3/q-2. The highest BCUT2D eigenvalue weighted by Gasteiger charge is 2.02. The maximum Gasteiger partial charge on any atom is 0.121 e. The van der Waals surface area contributed by atoms with E-state index in [1.807, 2.05) is 19.9 Å². The second-order valence-electron chi connectivity index (χ2n) is 2.98. The van der Waals surface area contributed by atoms with Crippen molar-refractivity contribution in [1.82, 2.24) is 0 Å². The molecule has 1 aromatic rings. The lowest BCUT2D eigenvalue weighted by Crippen LogP contribution is -2.21. The summed E-state index contributed by atoms with van der Waals surface area (Å²) in [4.78, 5) is 22.9. The molecule has 0 N–H and O–H groups in total. The Morgan fingerprint density at radius 3 is 2.47 bits per heavy atom. The first-order valence-electron chi connectivity index (χ1n) is 4.84. The second kappa shape index (κ2) is 5.91. The molecular formula is C10H14NO3P-2. The molecule has 0 heterocycles. The fourth-order valence-electron chi connectivity index (χ4n) is 1.41. The molecule has 1 rings (SSSR count). The maximum atomic E-state index is 10.4. The van der Waals surface area contributed by atoms with E-state index < -0.39 is 8.60 Å². The predicted octanol–water partition coefficient (Wildman–Crippen LogP) is 0.859. The van der Waals surface area contributed by atoms with E-state index in [9.17, 15) is 9.79 Å². The molecule has 0 saturated heterocycles. The van der Waals surface area contributed by atoms with Crippen molar-refractivity contribution in [1.29, 1.82) is 0 Å². The van der Waals surface area contributed by atoms with Gasteiger partial charge in [0.15, 0.2) is 0 Å². The second-order valence-corrected chi connectivity index (χ2v) is 3.61. The molecule has 0 amide bonds. The number of hydrogen-bond acceptors (Lipinski definition) is 4. The molecule has 15 heavy (non-hydrogen) atoms. The van der Waals surface area contributed by atoms with Crippen molar-refractivity contribution in [2.24, 2.45) is 0 Å². The summed E-state index contributed by atoms with van der Waals surface area (Å²) in [6.45, 7) is 5.85. The van der Waals surface area contributed by atoms with Crippen LogP contribution < -0.4 is 19.2 Å². The highest BCUT2D eigenvalue weighted by Crippen LogP contribution is 2.26. The molecule has 0 spiro atoms. The summed E-state index contributed by atoms with van der Waals surface area (Å²) in [6.07, 6.45) is 0. The quantitative estimate of drug-likeness (QED) is 0.700. The molecule has 0 radical (unpaired) electrons. The third-order valence-corrected chi connectivity index (χ3v) is 2.49. The largest absolute Gasteiger partial charge is 0.810 e. The normalized spacial score (nSPS) is 10.5. The zero-order chi connectivity index (χ0) is 11.3. The fraction of sp³-hybridized carbons (Fsp3) is 0.400. The van der Waals surface area contributed by atoms with Gasteiger partial charge in [0.05, 0.1) is 0 Å². The van der Waals surface area contributed by atoms with E-state index in [4.69, 9.17) is 0 Å². The van der Waals surface area contributed by atoms with Crippen LogP contribution >= 0.6 is 8.60 Å². The van der Waals surface area contributed by atoms with Gasteiger partial charge in [-0.15, -0.1) is 0 Å². The molecule has 84 valence electrons. The minimum Gasteiger partial charge on any atom is -0.810 e. The Bertz CT molecular complexity index is 302. The lowest BCUT2D eigenvalue weighted by Gasteiger charge is -2.30. The van der Waals surface area contributed by atoms with E-state index in [1.165, 1.54) is 0 Å². The molecular weight excluding hydrogens is 213 g/mol. The minimum absolute atomic E-state index is 0.357. The molecule has 0 bridgehead atoms. The topological polar surface area (TPSA) is 58.6 Å². The Hall–Kier alpha value is -0.830. The van der Waals surface area contributed by atoms with Crippen molar-refractivity contribution in [2.75, 3.05) is 18.0 Å². The van der Waals surface area contributed by atoms with Gasteiger partial charge in [0, 0.05) is 24.8 Å². The Morgan fingerprint density at radius 1 is 1.27 bits per heavy atom. The van der Waals surface area contributed by atoms with Crippen LogP contribution in [0.25, 0.3) is 0 Å². The molecule has 0 fully saturated rings. The SMILES string of the molecule is CCN(CC)c1cccc(OP([O-])[O-])c1. The fourth-order valence-corrected chi connectivity index (χ4v) is 1.70. The number of anilines is 1. The zero-order valence-corrected chi connectivity index (χ0v) is 9.74. The van der Waals surface area contributed by atoms with Gasteiger partial charge in [-0.2, -0.15) is 0 Å². The molecule has 0 aromatic heterocycles. The smallest absolute Gasteiger partial charge is 0.121 e. The Labute approximate surface area is 91.1 Å². The van der Waals surface area contributed by atoms with Crippen LogP contribution in [0.5, 0.6) is 5.75 Å². The van der Waals surface area contributed by atoms with Crippen LogP contribution in [0.4, 0.5) is 5.69 Å². The van der Waals surface area contributed by atoms with E-state index in [0.717, 1.165) is 18.8 Å². The molecule has 0 saturated carbocycles. The van der Waals surface area contributed by atoms with E-state index in [0.29, 0.717) is 5.75 Å². The summed E-state index contributed by atoms with van der Waals surface area (Å²) in [5.41, 5.74) is 0.967. The first-order chi connectivity index (χ1) is 7.17. The highest BCUT2D eigenvalue weighted by molar-refractivity contribution is 7.36. The molecule has 0 aliphatic carbocycles. The van der Waals surface area contributed by atoms with Crippen LogP contribution in [0.2, 0.25) is 0 Å². The van der Waals surface area contributed by atoms with Crippen LogP contribution in [-0.4, -0.2) is 13.1 Å². The van der Waals surface area contributed by atoms with Gasteiger partial charge < -0.3 is 19.2 Å². The third kappa shape index (κ3) is 3.67. The van der Waals surface area contributed by atoms with Gasteiger partial charge in [-0.25, -0.2) is 0 Å². The van der Waals surface area contributed by atoms with Crippen molar-refractivity contribution < 1.29 is 14.3 Å². The molecule has 4 nitrogen and oxygen atoms in total. The number of rotatable bonds is 5. The van der Waals surface area contributed by atoms with Gasteiger partial charge in [-0.1, -0.05) is 14.7 Å². The number of benzene rings is 1.